The first-order chi connectivity index (χ1) is 7.77. The second-order valence-corrected chi connectivity index (χ2v) is 5.89. The zero-order valence-electron chi connectivity index (χ0n) is 8.54. The zero-order chi connectivity index (χ0) is 11.4. The first kappa shape index (κ1) is 12.1. The van der Waals surface area contributed by atoms with Crippen molar-refractivity contribution in [3.63, 3.8) is 0 Å². The van der Waals surface area contributed by atoms with Crippen LogP contribution in [0.2, 0.25) is 0 Å². The number of para-hydroxylation sites is 1. The lowest BCUT2D eigenvalue weighted by molar-refractivity contribution is 1.02. The van der Waals surface area contributed by atoms with E-state index in [0.717, 1.165) is 27.6 Å². The van der Waals surface area contributed by atoms with Crippen LogP contribution in [0, 0.1) is 0 Å². The Kier molecular flexibility index (Phi) is 4.44. The normalized spacial score (nSPS) is 10.4. The third-order valence-electron chi connectivity index (χ3n) is 2.26. The Balaban J connectivity index is 1.95. The van der Waals surface area contributed by atoms with Gasteiger partial charge in [-0.15, -0.1) is 0 Å². The minimum Gasteiger partial charge on any atom is -0.383 e. The van der Waals surface area contributed by atoms with E-state index in [1.165, 1.54) is 5.56 Å². The lowest BCUT2D eigenvalue weighted by Crippen LogP contribution is -2.05. The molecule has 0 aliphatic heterocycles. The average Bonchev–Trinajstić information content (AvgIpc) is 2.75. The van der Waals surface area contributed by atoms with E-state index in [4.69, 9.17) is 0 Å². The van der Waals surface area contributed by atoms with Gasteiger partial charge in [-0.2, -0.15) is 11.3 Å². The van der Waals surface area contributed by atoms with Crippen LogP contribution in [-0.4, -0.2) is 6.54 Å². The smallest absolute Gasteiger partial charge is 0.0629 e. The summed E-state index contributed by atoms with van der Waals surface area (Å²) in [6.45, 7) is 0.942. The van der Waals surface area contributed by atoms with Crippen molar-refractivity contribution in [3.8, 4) is 0 Å². The largest absolute Gasteiger partial charge is 0.383 e. The minimum absolute atomic E-state index is 0.942. The van der Waals surface area contributed by atoms with Crippen molar-refractivity contribution in [2.24, 2.45) is 0 Å². The molecule has 16 heavy (non-hydrogen) atoms. The Morgan fingerprint density at radius 3 is 2.50 bits per heavy atom. The molecule has 0 radical (unpaired) electrons. The highest BCUT2D eigenvalue weighted by Crippen LogP contribution is 2.30. The highest BCUT2D eigenvalue weighted by Gasteiger charge is 2.03. The topological polar surface area (TPSA) is 12.0 Å². The van der Waals surface area contributed by atoms with Crippen molar-refractivity contribution < 1.29 is 0 Å². The van der Waals surface area contributed by atoms with Gasteiger partial charge >= 0.3 is 0 Å². The van der Waals surface area contributed by atoms with Crippen LogP contribution in [0.4, 0.5) is 5.69 Å². The fraction of sp³-hybridized carbons (Fsp3) is 0.167. The van der Waals surface area contributed by atoms with Crippen molar-refractivity contribution in [1.82, 2.24) is 0 Å². The molecule has 1 N–H and O–H groups in total. The number of nitrogens with one attached hydrogen (secondary N) is 1. The van der Waals surface area contributed by atoms with Crippen LogP contribution in [-0.2, 0) is 6.42 Å². The molecule has 0 saturated carbocycles. The Morgan fingerprint density at radius 1 is 1.12 bits per heavy atom. The summed E-state index contributed by atoms with van der Waals surface area (Å²) < 4.78 is 2.18. The zero-order valence-corrected chi connectivity index (χ0v) is 12.5. The molecule has 0 spiro atoms. The fourth-order valence-corrected chi connectivity index (χ4v) is 3.42. The van der Waals surface area contributed by atoms with Crippen LogP contribution >= 0.6 is 43.2 Å². The molecule has 0 saturated heterocycles. The van der Waals surface area contributed by atoms with Gasteiger partial charge in [-0.1, -0.05) is 6.07 Å². The second kappa shape index (κ2) is 5.84. The van der Waals surface area contributed by atoms with E-state index in [0.29, 0.717) is 0 Å². The van der Waals surface area contributed by atoms with Gasteiger partial charge in [-0.3, -0.25) is 0 Å². The third-order valence-corrected chi connectivity index (χ3v) is 4.31. The first-order valence-electron chi connectivity index (χ1n) is 4.96. The molecule has 1 heterocycles. The van der Waals surface area contributed by atoms with Gasteiger partial charge in [-0.05, 0) is 72.8 Å². The summed E-state index contributed by atoms with van der Waals surface area (Å²) in [7, 11) is 0. The van der Waals surface area contributed by atoms with E-state index in [2.05, 4.69) is 54.0 Å². The summed E-state index contributed by atoms with van der Waals surface area (Å²) in [5.41, 5.74) is 2.51. The Labute approximate surface area is 116 Å². The van der Waals surface area contributed by atoms with Gasteiger partial charge in [-0.25, -0.2) is 0 Å². The maximum Gasteiger partial charge on any atom is 0.0629 e. The van der Waals surface area contributed by atoms with E-state index in [1.54, 1.807) is 11.3 Å². The van der Waals surface area contributed by atoms with E-state index in [9.17, 15) is 0 Å². The van der Waals surface area contributed by atoms with E-state index in [-0.39, 0.29) is 0 Å². The lowest BCUT2D eigenvalue weighted by atomic mass is 10.2. The van der Waals surface area contributed by atoms with E-state index >= 15 is 0 Å². The molecule has 4 heteroatoms. The number of rotatable bonds is 4. The molecule has 2 rings (SSSR count). The molecular formula is C12H11Br2NS. The van der Waals surface area contributed by atoms with Gasteiger partial charge in [0, 0.05) is 15.5 Å². The van der Waals surface area contributed by atoms with Gasteiger partial charge < -0.3 is 5.32 Å². The molecule has 0 amide bonds. The van der Waals surface area contributed by atoms with E-state index in [1.807, 2.05) is 18.2 Å². The predicted molar refractivity (Wildman–Crippen MR) is 78.4 cm³/mol. The molecule has 0 fully saturated rings. The highest BCUT2D eigenvalue weighted by molar-refractivity contribution is 9.11. The summed E-state index contributed by atoms with van der Waals surface area (Å²) in [6.07, 6.45) is 1.05. The van der Waals surface area contributed by atoms with E-state index < -0.39 is 0 Å². The summed E-state index contributed by atoms with van der Waals surface area (Å²) in [5, 5.41) is 7.74. The van der Waals surface area contributed by atoms with Crippen molar-refractivity contribution in [1.29, 1.82) is 0 Å². The molecule has 1 nitrogen and oxygen atoms in total. The summed E-state index contributed by atoms with van der Waals surface area (Å²) in [6, 6.07) is 8.26. The van der Waals surface area contributed by atoms with Crippen molar-refractivity contribution in [3.05, 3.63) is 49.5 Å². The highest BCUT2D eigenvalue weighted by atomic mass is 79.9. The molecule has 1 aromatic heterocycles. The molecule has 1 aromatic carbocycles. The van der Waals surface area contributed by atoms with Gasteiger partial charge in [0.05, 0.1) is 5.69 Å². The van der Waals surface area contributed by atoms with Crippen LogP contribution in [0.1, 0.15) is 5.56 Å². The SMILES string of the molecule is Brc1cccc(Br)c1NCCc1ccsc1. The lowest BCUT2D eigenvalue weighted by Gasteiger charge is -2.09. The Hall–Kier alpha value is -0.320. The molecule has 0 aliphatic rings. The van der Waals surface area contributed by atoms with Crippen molar-refractivity contribution in [2.75, 3.05) is 11.9 Å². The number of anilines is 1. The number of benzene rings is 1. The molecule has 2 aromatic rings. The maximum absolute atomic E-state index is 3.54. The van der Waals surface area contributed by atoms with Crippen LogP contribution in [0.5, 0.6) is 0 Å². The summed E-state index contributed by atoms with van der Waals surface area (Å²) in [5.74, 6) is 0. The quantitative estimate of drug-likeness (QED) is 0.815. The standard InChI is InChI=1S/C12H11Br2NS/c13-10-2-1-3-11(14)12(10)15-6-4-9-5-7-16-8-9/h1-3,5,7-8,15H,4,6H2. The van der Waals surface area contributed by atoms with Gasteiger partial charge in [0.2, 0.25) is 0 Å². The number of halogens is 2. The summed E-state index contributed by atoms with van der Waals surface area (Å²) >= 11 is 8.82. The monoisotopic (exact) mass is 359 g/mol. The maximum atomic E-state index is 3.54. The molecule has 84 valence electrons. The first-order valence-corrected chi connectivity index (χ1v) is 7.49. The van der Waals surface area contributed by atoms with Crippen molar-refractivity contribution in [2.45, 2.75) is 6.42 Å². The van der Waals surface area contributed by atoms with Crippen LogP contribution in [0.3, 0.4) is 0 Å². The minimum atomic E-state index is 0.942. The molecular weight excluding hydrogens is 350 g/mol. The van der Waals surface area contributed by atoms with Crippen LogP contribution in [0.15, 0.2) is 44.0 Å². The molecule has 0 bridgehead atoms. The second-order valence-electron chi connectivity index (χ2n) is 3.41. The van der Waals surface area contributed by atoms with Crippen molar-refractivity contribution >= 4 is 48.9 Å². The third kappa shape index (κ3) is 3.09. The van der Waals surface area contributed by atoms with Gasteiger partial charge in [0.1, 0.15) is 0 Å². The molecule has 0 unspecified atom stereocenters. The van der Waals surface area contributed by atoms with Crippen LogP contribution in [0.25, 0.3) is 0 Å². The summed E-state index contributed by atoms with van der Waals surface area (Å²) in [4.78, 5) is 0. The number of thiophene rings is 1. The fourth-order valence-electron chi connectivity index (χ4n) is 1.43. The number of hydrogen-bond acceptors (Lipinski definition) is 2. The molecule has 0 atom stereocenters. The predicted octanol–water partition coefficient (Wildman–Crippen LogP) is 4.93. The van der Waals surface area contributed by atoms with Gasteiger partial charge in [0.15, 0.2) is 0 Å². The van der Waals surface area contributed by atoms with Gasteiger partial charge in [0.25, 0.3) is 0 Å². The number of hydrogen-bond donors (Lipinski definition) is 1. The van der Waals surface area contributed by atoms with Crippen LogP contribution < -0.4 is 5.32 Å². The Morgan fingerprint density at radius 2 is 1.88 bits per heavy atom. The Bertz CT molecular complexity index is 434. The average molecular weight is 361 g/mol. The molecule has 0 aliphatic carbocycles.